The monoisotopic (exact) mass is 408 g/mol. The normalized spacial score (nSPS) is 13.1. The predicted octanol–water partition coefficient (Wildman–Crippen LogP) is 0.970. The molecule has 0 bridgehead atoms. The fourth-order valence-electron chi connectivity index (χ4n) is 2.80. The van der Waals surface area contributed by atoms with Crippen LogP contribution in [0.3, 0.4) is 0 Å². The molecule has 7 heteroatoms. The summed E-state index contributed by atoms with van der Waals surface area (Å²) in [6, 6.07) is 6.94. The van der Waals surface area contributed by atoms with Crippen LogP contribution in [0.1, 0.15) is 19.8 Å². The number of aromatic nitrogens is 1. The molecule has 0 aliphatic rings. The number of nitrogens with zero attached hydrogens (tertiary/aromatic N) is 2. The average Bonchev–Trinajstić information content (AvgIpc) is 2.59. The quantitative estimate of drug-likeness (QED) is 0.508. The first kappa shape index (κ1) is 19.7. The molecule has 2 unspecified atom stereocenters. The van der Waals surface area contributed by atoms with Crippen LogP contribution in [-0.4, -0.2) is 73.2 Å². The second-order valence-corrected chi connectivity index (χ2v) is 9.09. The molecule has 2 rings (SSSR count). The van der Waals surface area contributed by atoms with Crippen LogP contribution < -0.4 is 4.35 Å². The molecule has 0 spiro atoms. The third kappa shape index (κ3) is 5.70. The third-order valence-electron chi connectivity index (χ3n) is 4.18. The minimum absolute atomic E-state index is 0.125. The number of carboxylic acid groups (broad SMARTS) is 1. The molecule has 3 N–H and O–H groups in total. The van der Waals surface area contributed by atoms with Crippen molar-refractivity contribution in [1.29, 1.82) is 0 Å². The number of aliphatic hydroxyl groups is 1. The molecule has 0 saturated heterocycles. The Labute approximate surface area is 154 Å². The summed E-state index contributed by atoms with van der Waals surface area (Å²) in [5.41, 5.74) is 0.700. The van der Waals surface area contributed by atoms with E-state index in [1.807, 2.05) is 19.1 Å². The van der Waals surface area contributed by atoms with Crippen molar-refractivity contribution in [2.75, 3.05) is 26.2 Å². The summed E-state index contributed by atoms with van der Waals surface area (Å²) in [6.45, 7) is 4.45. The van der Waals surface area contributed by atoms with Gasteiger partial charge in [-0.3, -0.25) is 0 Å². The molecule has 0 aliphatic carbocycles. The van der Waals surface area contributed by atoms with Crippen LogP contribution in [-0.2, 0) is 4.79 Å². The van der Waals surface area contributed by atoms with Crippen LogP contribution in [0.15, 0.2) is 30.5 Å². The van der Waals surface area contributed by atoms with E-state index in [2.05, 4.69) is 9.88 Å². The number of hydrogen-bond donors (Lipinski definition) is 3. The van der Waals surface area contributed by atoms with E-state index in [1.165, 1.54) is 0 Å². The van der Waals surface area contributed by atoms with Gasteiger partial charge >= 0.3 is 154 Å². The minimum atomic E-state index is -0.884. The zero-order valence-corrected chi connectivity index (χ0v) is 16.4. The van der Waals surface area contributed by atoms with Crippen molar-refractivity contribution in [3.63, 3.8) is 0 Å². The topological polar surface area (TPSA) is 93.9 Å². The van der Waals surface area contributed by atoms with Crippen molar-refractivity contribution in [3.8, 4) is 5.75 Å². The van der Waals surface area contributed by atoms with Crippen LogP contribution in [0.25, 0.3) is 10.9 Å². The number of carboxylic acids is 1. The molecule has 1 aromatic carbocycles. The number of carbonyl (C=O) groups is 1. The van der Waals surface area contributed by atoms with Crippen LogP contribution in [0.2, 0.25) is 4.71 Å². The van der Waals surface area contributed by atoms with Gasteiger partial charge in [0.1, 0.15) is 0 Å². The van der Waals surface area contributed by atoms with E-state index >= 15 is 0 Å². The zero-order valence-electron chi connectivity index (χ0n) is 14.4. The molecule has 0 radical (unpaired) electrons. The number of pyridine rings is 1. The van der Waals surface area contributed by atoms with Gasteiger partial charge in [-0.15, -0.1) is 0 Å². The fraction of sp³-hybridized carbons (Fsp3) is 0.444. The SMILES string of the molecule is CCN(CCO)CCCC([AsH]c1ccnc2cc(O)ccc12)C(=O)O. The van der Waals surface area contributed by atoms with Gasteiger partial charge in [-0.05, 0) is 0 Å². The Morgan fingerprint density at radius 3 is 2.80 bits per heavy atom. The first-order valence-electron chi connectivity index (χ1n) is 8.45. The van der Waals surface area contributed by atoms with E-state index in [-0.39, 0.29) is 17.1 Å². The molecule has 136 valence electrons. The Kier molecular flexibility index (Phi) is 7.69. The first-order valence-corrected chi connectivity index (χ1v) is 10.7. The molecule has 0 amide bonds. The number of rotatable bonds is 10. The van der Waals surface area contributed by atoms with E-state index in [0.29, 0.717) is 18.5 Å². The van der Waals surface area contributed by atoms with Gasteiger partial charge in [0.2, 0.25) is 0 Å². The Balaban J connectivity index is 2.05. The van der Waals surface area contributed by atoms with Crippen molar-refractivity contribution < 1.29 is 20.1 Å². The Morgan fingerprint density at radius 1 is 1.32 bits per heavy atom. The van der Waals surface area contributed by atoms with Crippen molar-refractivity contribution in [1.82, 2.24) is 9.88 Å². The maximum atomic E-state index is 11.7. The molecule has 1 heterocycles. The summed E-state index contributed by atoms with van der Waals surface area (Å²) in [5.74, 6) is -0.579. The standard InChI is InChI=1S/C18H25AsN2O4/c1-2-21(10-11-22)9-3-4-16(18(24)25)19-15-7-8-20-17-12-13(23)5-6-14(15)17/h5-8,12,16,19,22-23H,2-4,9-11H2,1H3,(H,24,25). The summed E-state index contributed by atoms with van der Waals surface area (Å²) in [7, 11) is 0. The molecular weight excluding hydrogens is 383 g/mol. The predicted molar refractivity (Wildman–Crippen MR) is 100 cm³/mol. The molecule has 2 atom stereocenters. The second kappa shape index (κ2) is 9.76. The number of benzene rings is 1. The number of fused-ring (bicyclic) bond motifs is 1. The van der Waals surface area contributed by atoms with Crippen LogP contribution in [0.4, 0.5) is 0 Å². The molecule has 25 heavy (non-hydrogen) atoms. The fourth-order valence-corrected chi connectivity index (χ4v) is 5.70. The molecule has 0 aliphatic heterocycles. The third-order valence-corrected chi connectivity index (χ3v) is 7.61. The number of likely N-dealkylation sites (N-methyl/N-ethyl adjacent to an activating group) is 1. The Hall–Kier alpha value is -1.62. The molecule has 0 saturated carbocycles. The van der Waals surface area contributed by atoms with Crippen molar-refractivity contribution in [2.45, 2.75) is 24.5 Å². The van der Waals surface area contributed by atoms with Crippen molar-refractivity contribution in [3.05, 3.63) is 30.5 Å². The summed E-state index contributed by atoms with van der Waals surface area (Å²) in [5, 5.41) is 29.1. The van der Waals surface area contributed by atoms with E-state index in [1.54, 1.807) is 18.3 Å². The summed E-state index contributed by atoms with van der Waals surface area (Å²) in [4.78, 5) is 18.1. The van der Waals surface area contributed by atoms with Gasteiger partial charge in [-0.25, -0.2) is 0 Å². The average molecular weight is 408 g/mol. The van der Waals surface area contributed by atoms with Gasteiger partial charge in [-0.1, -0.05) is 0 Å². The van der Waals surface area contributed by atoms with E-state index < -0.39 is 21.7 Å². The van der Waals surface area contributed by atoms with Gasteiger partial charge in [0, 0.05) is 0 Å². The van der Waals surface area contributed by atoms with E-state index in [9.17, 15) is 15.0 Å². The molecule has 1 aromatic heterocycles. The van der Waals surface area contributed by atoms with Gasteiger partial charge in [0.25, 0.3) is 0 Å². The van der Waals surface area contributed by atoms with Crippen LogP contribution >= 0.6 is 0 Å². The summed E-state index contributed by atoms with van der Waals surface area (Å²) < 4.78 is 0.715. The van der Waals surface area contributed by atoms with Crippen molar-refractivity contribution >= 4 is 37.0 Å². The number of hydrogen-bond acceptors (Lipinski definition) is 5. The van der Waals surface area contributed by atoms with E-state index in [4.69, 9.17) is 5.11 Å². The number of aliphatic carboxylic acids is 1. The summed E-state index contributed by atoms with van der Waals surface area (Å²) in [6.07, 6.45) is 3.12. The number of aliphatic hydroxyl groups excluding tert-OH is 1. The second-order valence-electron chi connectivity index (χ2n) is 5.90. The maximum absolute atomic E-state index is 11.7. The van der Waals surface area contributed by atoms with E-state index in [0.717, 1.165) is 29.2 Å². The molecule has 2 aromatic rings. The van der Waals surface area contributed by atoms with Gasteiger partial charge in [0.15, 0.2) is 0 Å². The van der Waals surface area contributed by atoms with Gasteiger partial charge < -0.3 is 0 Å². The molecule has 0 fully saturated rings. The van der Waals surface area contributed by atoms with Crippen LogP contribution in [0, 0.1) is 0 Å². The first-order chi connectivity index (χ1) is 12.0. The molecular formula is C18H25AsN2O4. The van der Waals surface area contributed by atoms with Crippen LogP contribution in [0.5, 0.6) is 5.75 Å². The summed E-state index contributed by atoms with van der Waals surface area (Å²) >= 11 is -0.884. The number of phenolic OH excluding ortho intramolecular Hbond substituents is 1. The number of phenols is 1. The molecule has 6 nitrogen and oxygen atoms in total. The van der Waals surface area contributed by atoms with Gasteiger partial charge in [0.05, 0.1) is 0 Å². The number of aromatic hydroxyl groups is 1. The van der Waals surface area contributed by atoms with Crippen molar-refractivity contribution in [2.24, 2.45) is 0 Å². The zero-order chi connectivity index (χ0) is 18.2. The Bertz CT molecular complexity index is 711. The Morgan fingerprint density at radius 2 is 2.12 bits per heavy atom. The van der Waals surface area contributed by atoms with Gasteiger partial charge in [-0.2, -0.15) is 0 Å².